The maximum atomic E-state index is 12.1. The van der Waals surface area contributed by atoms with Crippen LogP contribution in [0, 0.1) is 0 Å². The third kappa shape index (κ3) is 4.88. The second-order valence-electron chi connectivity index (χ2n) is 5.02. The van der Waals surface area contributed by atoms with Crippen LogP contribution in [0.2, 0.25) is 0 Å². The number of carbonyl (C=O) groups excluding carboxylic acids is 1. The minimum absolute atomic E-state index is 0.142. The smallest absolute Gasteiger partial charge is 0.305 e. The lowest BCUT2D eigenvalue weighted by molar-refractivity contribution is -0.137. The van der Waals surface area contributed by atoms with Crippen molar-refractivity contribution >= 4 is 11.9 Å². The summed E-state index contributed by atoms with van der Waals surface area (Å²) in [7, 11) is 0. The lowest BCUT2D eigenvalue weighted by atomic mass is 10.0. The Balaban J connectivity index is 2.11. The summed E-state index contributed by atoms with van der Waals surface area (Å²) in [5.74, 6) is -0.598. The van der Waals surface area contributed by atoms with Crippen LogP contribution in [-0.4, -0.2) is 23.6 Å². The van der Waals surface area contributed by atoms with Gasteiger partial charge in [0.25, 0.3) is 5.91 Å². The highest BCUT2D eigenvalue weighted by molar-refractivity contribution is 5.91. The van der Waals surface area contributed by atoms with Crippen molar-refractivity contribution in [3.05, 3.63) is 54.0 Å². The average Bonchev–Trinajstić information content (AvgIpc) is 3.07. The van der Waals surface area contributed by atoms with E-state index in [-0.39, 0.29) is 12.2 Å². The van der Waals surface area contributed by atoms with Crippen LogP contribution in [0.25, 0.3) is 0 Å². The largest absolute Gasteiger partial charge is 0.494 e. The van der Waals surface area contributed by atoms with Gasteiger partial charge in [0.1, 0.15) is 5.75 Å². The van der Waals surface area contributed by atoms with E-state index in [0.717, 1.165) is 6.42 Å². The molecular weight excluding hydrogens is 298 g/mol. The van der Waals surface area contributed by atoms with Gasteiger partial charge in [-0.05, 0) is 36.2 Å². The molecule has 0 unspecified atom stereocenters. The van der Waals surface area contributed by atoms with Crippen LogP contribution in [0.5, 0.6) is 5.75 Å². The van der Waals surface area contributed by atoms with E-state index in [1.807, 2.05) is 6.92 Å². The Labute approximate surface area is 134 Å². The summed E-state index contributed by atoms with van der Waals surface area (Å²) in [5.41, 5.74) is 0.691. The molecule has 0 aliphatic heterocycles. The number of rotatable bonds is 8. The van der Waals surface area contributed by atoms with Gasteiger partial charge in [0, 0.05) is 0 Å². The maximum Gasteiger partial charge on any atom is 0.305 e. The van der Waals surface area contributed by atoms with E-state index in [9.17, 15) is 9.59 Å². The third-order valence-corrected chi connectivity index (χ3v) is 3.18. The van der Waals surface area contributed by atoms with Crippen LogP contribution in [0.1, 0.15) is 41.9 Å². The first-order valence-corrected chi connectivity index (χ1v) is 7.39. The fourth-order valence-electron chi connectivity index (χ4n) is 2.08. The zero-order valence-corrected chi connectivity index (χ0v) is 12.8. The molecule has 23 heavy (non-hydrogen) atoms. The first-order valence-electron chi connectivity index (χ1n) is 7.39. The van der Waals surface area contributed by atoms with E-state index >= 15 is 0 Å². The van der Waals surface area contributed by atoms with Gasteiger partial charge in [-0.3, -0.25) is 9.59 Å². The Morgan fingerprint density at radius 1 is 1.26 bits per heavy atom. The molecule has 1 amide bonds. The van der Waals surface area contributed by atoms with Crippen molar-refractivity contribution < 1.29 is 23.8 Å². The highest BCUT2D eigenvalue weighted by atomic mass is 16.5. The highest BCUT2D eigenvalue weighted by Gasteiger charge is 2.20. The van der Waals surface area contributed by atoms with Gasteiger partial charge in [-0.2, -0.15) is 0 Å². The summed E-state index contributed by atoms with van der Waals surface area (Å²) in [6.07, 6.45) is 2.07. The number of ether oxygens (including phenoxy) is 1. The summed E-state index contributed by atoms with van der Waals surface area (Å²) < 4.78 is 10.5. The molecule has 0 saturated carbocycles. The number of furan rings is 1. The molecule has 1 atom stereocenters. The molecule has 122 valence electrons. The van der Waals surface area contributed by atoms with Gasteiger partial charge < -0.3 is 19.6 Å². The van der Waals surface area contributed by atoms with Crippen LogP contribution in [-0.2, 0) is 4.79 Å². The van der Waals surface area contributed by atoms with Crippen molar-refractivity contribution in [1.29, 1.82) is 0 Å². The standard InChI is InChI=1S/C17H19NO5/c1-2-9-22-13-7-5-12(6-8-13)14(11-16(19)20)18-17(21)15-4-3-10-23-15/h3-8,10,14H,2,9,11H2,1H3,(H,18,21)(H,19,20)/t14-/m0/s1. The fraction of sp³-hybridized carbons (Fsp3) is 0.294. The van der Waals surface area contributed by atoms with Crippen LogP contribution in [0.3, 0.4) is 0 Å². The Morgan fingerprint density at radius 2 is 2.00 bits per heavy atom. The van der Waals surface area contributed by atoms with E-state index in [1.54, 1.807) is 30.3 Å². The van der Waals surface area contributed by atoms with Gasteiger partial charge in [-0.25, -0.2) is 0 Å². The van der Waals surface area contributed by atoms with Crippen molar-refractivity contribution in [3.63, 3.8) is 0 Å². The van der Waals surface area contributed by atoms with E-state index < -0.39 is 17.9 Å². The zero-order valence-electron chi connectivity index (χ0n) is 12.8. The average molecular weight is 317 g/mol. The molecule has 1 aromatic heterocycles. The minimum Gasteiger partial charge on any atom is -0.494 e. The normalized spacial score (nSPS) is 11.7. The number of benzene rings is 1. The number of hydrogen-bond acceptors (Lipinski definition) is 4. The zero-order chi connectivity index (χ0) is 16.7. The van der Waals surface area contributed by atoms with Gasteiger partial charge in [0.15, 0.2) is 5.76 Å². The molecule has 6 heteroatoms. The van der Waals surface area contributed by atoms with E-state index in [4.69, 9.17) is 14.3 Å². The van der Waals surface area contributed by atoms with Crippen LogP contribution in [0.15, 0.2) is 47.1 Å². The maximum absolute atomic E-state index is 12.1. The van der Waals surface area contributed by atoms with Gasteiger partial charge in [0.05, 0.1) is 25.3 Å². The summed E-state index contributed by atoms with van der Waals surface area (Å²) in [5, 5.41) is 11.7. The monoisotopic (exact) mass is 317 g/mol. The van der Waals surface area contributed by atoms with Crippen molar-refractivity contribution in [3.8, 4) is 5.75 Å². The van der Waals surface area contributed by atoms with E-state index in [2.05, 4.69) is 5.32 Å². The second kappa shape index (κ2) is 8.03. The lowest BCUT2D eigenvalue weighted by Gasteiger charge is -2.17. The molecule has 6 nitrogen and oxygen atoms in total. The summed E-state index contributed by atoms with van der Waals surface area (Å²) in [4.78, 5) is 23.1. The summed E-state index contributed by atoms with van der Waals surface area (Å²) in [6, 6.07) is 9.50. The van der Waals surface area contributed by atoms with Crippen LogP contribution < -0.4 is 10.1 Å². The molecule has 1 heterocycles. The SMILES string of the molecule is CCCOc1ccc([C@H](CC(=O)O)NC(=O)c2ccco2)cc1. The molecule has 2 aromatic rings. The first kappa shape index (κ1) is 16.6. The molecule has 0 radical (unpaired) electrons. The third-order valence-electron chi connectivity index (χ3n) is 3.18. The number of carboxylic acid groups (broad SMARTS) is 1. The predicted molar refractivity (Wildman–Crippen MR) is 83.4 cm³/mol. The molecule has 0 aliphatic carbocycles. The van der Waals surface area contributed by atoms with Gasteiger partial charge in [-0.15, -0.1) is 0 Å². The topological polar surface area (TPSA) is 88.8 Å². The summed E-state index contributed by atoms with van der Waals surface area (Å²) in [6.45, 7) is 2.63. The minimum atomic E-state index is -0.999. The van der Waals surface area contributed by atoms with Crippen molar-refractivity contribution in [2.24, 2.45) is 0 Å². The molecule has 0 aliphatic rings. The molecule has 0 bridgehead atoms. The van der Waals surface area contributed by atoms with Crippen molar-refractivity contribution in [2.75, 3.05) is 6.61 Å². The Kier molecular flexibility index (Phi) is 5.80. The number of nitrogens with one attached hydrogen (secondary N) is 1. The number of aliphatic carboxylic acids is 1. The molecule has 0 spiro atoms. The van der Waals surface area contributed by atoms with Crippen LogP contribution >= 0.6 is 0 Å². The van der Waals surface area contributed by atoms with Crippen molar-refractivity contribution in [2.45, 2.75) is 25.8 Å². The predicted octanol–water partition coefficient (Wildman–Crippen LogP) is 3.01. The molecule has 0 fully saturated rings. The molecular formula is C17H19NO5. The Hall–Kier alpha value is -2.76. The molecule has 2 rings (SSSR count). The Morgan fingerprint density at radius 3 is 2.57 bits per heavy atom. The van der Waals surface area contributed by atoms with Crippen LogP contribution in [0.4, 0.5) is 0 Å². The van der Waals surface area contributed by atoms with Gasteiger partial charge in [0.2, 0.25) is 0 Å². The van der Waals surface area contributed by atoms with Gasteiger partial charge in [-0.1, -0.05) is 19.1 Å². The Bertz CT molecular complexity index is 634. The fourth-order valence-corrected chi connectivity index (χ4v) is 2.08. The number of carbonyl (C=O) groups is 2. The quantitative estimate of drug-likeness (QED) is 0.781. The lowest BCUT2D eigenvalue weighted by Crippen LogP contribution is -2.29. The number of hydrogen-bond donors (Lipinski definition) is 2. The number of carboxylic acids is 1. The second-order valence-corrected chi connectivity index (χ2v) is 5.02. The van der Waals surface area contributed by atoms with E-state index in [0.29, 0.717) is 17.9 Å². The van der Waals surface area contributed by atoms with E-state index in [1.165, 1.54) is 12.3 Å². The first-order chi connectivity index (χ1) is 11.1. The van der Waals surface area contributed by atoms with Gasteiger partial charge >= 0.3 is 5.97 Å². The molecule has 0 saturated heterocycles. The van der Waals surface area contributed by atoms with Crippen molar-refractivity contribution in [1.82, 2.24) is 5.32 Å². The summed E-state index contributed by atoms with van der Waals surface area (Å²) >= 11 is 0. The number of amides is 1. The highest BCUT2D eigenvalue weighted by Crippen LogP contribution is 2.21. The molecule has 2 N–H and O–H groups in total. The molecule has 1 aromatic carbocycles.